The van der Waals surface area contributed by atoms with Crippen molar-refractivity contribution in [3.05, 3.63) is 52.0 Å². The number of nitrogens with zero attached hydrogens (tertiary/aromatic N) is 1. The Bertz CT molecular complexity index is 888. The number of hydrogen-bond acceptors (Lipinski definition) is 5. The standard InChI is InChI=1S/C23H28BrNO5/c1-4-30-19-11-10-16(24)13-18(19)21(25-12-6-7-15(14-25)23(26)27)17-8-5-9-20(28-2)22(17)29-3/h5,8-11,13,15,21H,4,6-7,12,14H2,1-3H3,(H,26,27). The van der Waals surface area contributed by atoms with Crippen molar-refractivity contribution in [1.82, 2.24) is 4.90 Å². The van der Waals surface area contributed by atoms with Gasteiger partial charge in [0.05, 0.1) is 32.8 Å². The molecule has 1 saturated heterocycles. The van der Waals surface area contributed by atoms with Crippen molar-refractivity contribution in [2.24, 2.45) is 5.92 Å². The van der Waals surface area contributed by atoms with Crippen LogP contribution in [0.5, 0.6) is 17.2 Å². The lowest BCUT2D eigenvalue weighted by Gasteiger charge is -2.38. The van der Waals surface area contributed by atoms with E-state index in [2.05, 4.69) is 20.8 Å². The maximum atomic E-state index is 11.7. The number of ether oxygens (including phenoxy) is 3. The largest absolute Gasteiger partial charge is 0.494 e. The molecule has 1 aliphatic rings. The Hall–Kier alpha value is -2.25. The Balaban J connectivity index is 2.19. The van der Waals surface area contributed by atoms with Crippen LogP contribution in [-0.4, -0.2) is 49.9 Å². The number of methoxy groups -OCH3 is 2. The van der Waals surface area contributed by atoms with Crippen LogP contribution in [0.2, 0.25) is 0 Å². The lowest BCUT2D eigenvalue weighted by molar-refractivity contribution is -0.143. The minimum absolute atomic E-state index is 0.240. The van der Waals surface area contributed by atoms with Crippen molar-refractivity contribution in [3.63, 3.8) is 0 Å². The molecule has 0 amide bonds. The van der Waals surface area contributed by atoms with E-state index < -0.39 is 11.9 Å². The molecule has 0 aliphatic carbocycles. The monoisotopic (exact) mass is 477 g/mol. The Morgan fingerprint density at radius 2 is 2.00 bits per heavy atom. The van der Waals surface area contributed by atoms with Crippen LogP contribution in [-0.2, 0) is 4.79 Å². The van der Waals surface area contributed by atoms with Gasteiger partial charge in [-0.15, -0.1) is 0 Å². The van der Waals surface area contributed by atoms with Crippen molar-refractivity contribution < 1.29 is 24.1 Å². The van der Waals surface area contributed by atoms with E-state index in [1.165, 1.54) is 0 Å². The second kappa shape index (κ2) is 10.2. The first-order valence-corrected chi connectivity index (χ1v) is 10.9. The molecule has 2 aromatic carbocycles. The highest BCUT2D eigenvalue weighted by Gasteiger charge is 2.34. The first-order chi connectivity index (χ1) is 14.5. The first-order valence-electron chi connectivity index (χ1n) is 10.1. The quantitative estimate of drug-likeness (QED) is 0.591. The zero-order valence-electron chi connectivity index (χ0n) is 17.6. The summed E-state index contributed by atoms with van der Waals surface area (Å²) in [7, 11) is 3.24. The third kappa shape index (κ3) is 4.73. The molecule has 30 heavy (non-hydrogen) atoms. The SMILES string of the molecule is CCOc1ccc(Br)cc1C(c1cccc(OC)c1OC)N1CCCC(C(=O)O)C1. The Labute approximate surface area is 185 Å². The molecule has 0 bridgehead atoms. The Morgan fingerprint density at radius 3 is 2.67 bits per heavy atom. The molecule has 1 N–H and O–H groups in total. The molecular weight excluding hydrogens is 450 g/mol. The number of halogens is 1. The van der Waals surface area contributed by atoms with Gasteiger partial charge >= 0.3 is 5.97 Å². The van der Waals surface area contributed by atoms with E-state index in [0.717, 1.165) is 34.3 Å². The lowest BCUT2D eigenvalue weighted by Crippen LogP contribution is -2.41. The highest BCUT2D eigenvalue weighted by Crippen LogP contribution is 2.44. The molecular formula is C23H28BrNO5. The molecule has 0 spiro atoms. The second-order valence-corrected chi connectivity index (χ2v) is 8.19. The average molecular weight is 478 g/mol. The van der Waals surface area contributed by atoms with Crippen molar-refractivity contribution in [3.8, 4) is 17.2 Å². The summed E-state index contributed by atoms with van der Waals surface area (Å²) in [6.45, 7) is 3.73. The fourth-order valence-corrected chi connectivity index (χ4v) is 4.53. The number of hydrogen-bond donors (Lipinski definition) is 1. The zero-order chi connectivity index (χ0) is 21.7. The summed E-state index contributed by atoms with van der Waals surface area (Å²) in [5.74, 6) is 0.897. The molecule has 1 fully saturated rings. The molecule has 3 rings (SSSR count). The molecule has 7 heteroatoms. The first kappa shape index (κ1) is 22.4. The Kier molecular flexibility index (Phi) is 7.61. The van der Waals surface area contributed by atoms with Crippen LogP contribution < -0.4 is 14.2 Å². The number of para-hydroxylation sites is 1. The van der Waals surface area contributed by atoms with Gasteiger partial charge in [-0.2, -0.15) is 0 Å². The number of likely N-dealkylation sites (tertiary alicyclic amines) is 1. The van der Waals surface area contributed by atoms with E-state index >= 15 is 0 Å². The molecule has 2 unspecified atom stereocenters. The molecule has 1 aliphatic heterocycles. The number of aliphatic carboxylic acids is 1. The smallest absolute Gasteiger partial charge is 0.307 e. The summed E-state index contributed by atoms with van der Waals surface area (Å²) in [6, 6.07) is 11.5. The van der Waals surface area contributed by atoms with Crippen LogP contribution in [0.15, 0.2) is 40.9 Å². The molecule has 0 radical (unpaired) electrons. The molecule has 162 valence electrons. The number of piperidine rings is 1. The highest BCUT2D eigenvalue weighted by atomic mass is 79.9. The van der Waals surface area contributed by atoms with Gasteiger partial charge in [-0.25, -0.2) is 0 Å². The van der Waals surface area contributed by atoms with E-state index in [1.54, 1.807) is 14.2 Å². The van der Waals surface area contributed by atoms with Gasteiger partial charge in [0.15, 0.2) is 11.5 Å². The van der Waals surface area contributed by atoms with Gasteiger partial charge in [0, 0.05) is 22.1 Å². The predicted molar refractivity (Wildman–Crippen MR) is 119 cm³/mol. The molecule has 2 aromatic rings. The third-order valence-corrected chi connectivity index (χ3v) is 5.95. The van der Waals surface area contributed by atoms with Gasteiger partial charge in [0.25, 0.3) is 0 Å². The van der Waals surface area contributed by atoms with Gasteiger partial charge in [0.2, 0.25) is 0 Å². The minimum atomic E-state index is -0.754. The maximum Gasteiger partial charge on any atom is 0.307 e. The predicted octanol–water partition coefficient (Wildman–Crippen LogP) is 4.75. The van der Waals surface area contributed by atoms with E-state index in [4.69, 9.17) is 14.2 Å². The van der Waals surface area contributed by atoms with E-state index in [-0.39, 0.29) is 6.04 Å². The Morgan fingerprint density at radius 1 is 1.20 bits per heavy atom. The van der Waals surface area contributed by atoms with Gasteiger partial charge in [0.1, 0.15) is 5.75 Å². The molecule has 2 atom stereocenters. The van der Waals surface area contributed by atoms with Crippen molar-refractivity contribution in [1.29, 1.82) is 0 Å². The van der Waals surface area contributed by atoms with Crippen LogP contribution in [0.4, 0.5) is 0 Å². The number of rotatable bonds is 8. The van der Waals surface area contributed by atoms with Crippen LogP contribution in [0.1, 0.15) is 36.9 Å². The summed E-state index contributed by atoms with van der Waals surface area (Å²) in [4.78, 5) is 14.0. The minimum Gasteiger partial charge on any atom is -0.494 e. The van der Waals surface area contributed by atoms with Gasteiger partial charge in [-0.05, 0) is 50.6 Å². The number of carbonyl (C=O) groups is 1. The highest BCUT2D eigenvalue weighted by molar-refractivity contribution is 9.10. The third-order valence-electron chi connectivity index (χ3n) is 5.46. The maximum absolute atomic E-state index is 11.7. The van der Waals surface area contributed by atoms with Gasteiger partial charge < -0.3 is 19.3 Å². The summed E-state index contributed by atoms with van der Waals surface area (Å²) < 4.78 is 18.2. The van der Waals surface area contributed by atoms with E-state index in [1.807, 2.05) is 43.3 Å². The van der Waals surface area contributed by atoms with Crippen LogP contribution >= 0.6 is 15.9 Å². The molecule has 1 heterocycles. The average Bonchev–Trinajstić information content (AvgIpc) is 2.75. The zero-order valence-corrected chi connectivity index (χ0v) is 19.1. The number of benzene rings is 2. The topological polar surface area (TPSA) is 68.2 Å². The summed E-state index contributed by atoms with van der Waals surface area (Å²) in [5.41, 5.74) is 1.88. The normalized spacial score (nSPS) is 17.9. The summed E-state index contributed by atoms with van der Waals surface area (Å²) >= 11 is 3.59. The van der Waals surface area contributed by atoms with Crippen LogP contribution in [0, 0.1) is 5.92 Å². The fourth-order valence-electron chi connectivity index (χ4n) is 4.15. The van der Waals surface area contributed by atoms with E-state index in [9.17, 15) is 9.90 Å². The van der Waals surface area contributed by atoms with Crippen molar-refractivity contribution in [2.45, 2.75) is 25.8 Å². The molecule has 0 saturated carbocycles. The second-order valence-electron chi connectivity index (χ2n) is 7.27. The number of carboxylic acids is 1. The lowest BCUT2D eigenvalue weighted by atomic mass is 9.90. The number of carboxylic acid groups (broad SMARTS) is 1. The summed E-state index contributed by atoms with van der Waals surface area (Å²) in [5, 5.41) is 9.64. The molecule has 0 aromatic heterocycles. The molecule has 6 nitrogen and oxygen atoms in total. The van der Waals surface area contributed by atoms with Crippen molar-refractivity contribution >= 4 is 21.9 Å². The van der Waals surface area contributed by atoms with Gasteiger partial charge in [-0.1, -0.05) is 28.1 Å². The van der Waals surface area contributed by atoms with E-state index in [0.29, 0.717) is 31.1 Å². The van der Waals surface area contributed by atoms with Gasteiger partial charge in [-0.3, -0.25) is 9.69 Å². The van der Waals surface area contributed by atoms with Crippen molar-refractivity contribution in [2.75, 3.05) is 33.9 Å². The fraction of sp³-hybridized carbons (Fsp3) is 0.435. The van der Waals surface area contributed by atoms with Crippen LogP contribution in [0.25, 0.3) is 0 Å². The van der Waals surface area contributed by atoms with Crippen LogP contribution in [0.3, 0.4) is 0 Å². The summed E-state index contributed by atoms with van der Waals surface area (Å²) in [6.07, 6.45) is 1.50.